The molecule has 0 unspecified atom stereocenters. The fraction of sp³-hybridized carbons (Fsp3) is 0.150. The van der Waals surface area contributed by atoms with E-state index in [0.717, 1.165) is 10.9 Å². The summed E-state index contributed by atoms with van der Waals surface area (Å²) in [4.78, 5) is 27.4. The Labute approximate surface area is 155 Å². The molecule has 0 atom stereocenters. The minimum absolute atomic E-state index is 0.0160. The highest BCUT2D eigenvalue weighted by molar-refractivity contribution is 6.30. The van der Waals surface area contributed by atoms with Crippen LogP contribution in [-0.2, 0) is 16.1 Å². The minimum Gasteiger partial charge on any atom is -0.482 e. The topological polar surface area (TPSA) is 65.5 Å². The molecule has 0 radical (unpaired) electrons. The van der Waals surface area contributed by atoms with Crippen molar-refractivity contribution in [2.75, 3.05) is 6.61 Å². The number of ketones is 1. The molecule has 0 aliphatic carbocycles. The number of carbonyl (C=O) groups excluding carboxylic acids is 2. The third-order valence-corrected chi connectivity index (χ3v) is 4.08. The second-order valence-corrected chi connectivity index (χ2v) is 6.02. The first-order valence-electron chi connectivity index (χ1n) is 7.96. The zero-order chi connectivity index (χ0) is 18.5. The quantitative estimate of drug-likeness (QED) is 0.370. The molecular formula is C20H16ClNO4. The summed E-state index contributed by atoms with van der Waals surface area (Å²) in [5, 5.41) is 1.22. The monoisotopic (exact) mass is 369 g/mol. The minimum atomic E-state index is -0.523. The largest absolute Gasteiger partial charge is 0.482 e. The van der Waals surface area contributed by atoms with Crippen molar-refractivity contribution < 1.29 is 19.1 Å². The molecule has 1 aromatic heterocycles. The molecule has 3 rings (SSSR count). The van der Waals surface area contributed by atoms with Crippen LogP contribution in [0.5, 0.6) is 5.75 Å². The molecule has 0 bridgehead atoms. The van der Waals surface area contributed by atoms with Gasteiger partial charge in [-0.25, -0.2) is 9.78 Å². The number of Topliss-reactive ketones (excluding diaryl/α,β-unsaturated/α-hetero) is 1. The van der Waals surface area contributed by atoms with E-state index in [4.69, 9.17) is 21.1 Å². The Kier molecular flexibility index (Phi) is 5.49. The van der Waals surface area contributed by atoms with Crippen LogP contribution in [0.25, 0.3) is 10.9 Å². The average molecular weight is 370 g/mol. The van der Waals surface area contributed by atoms with Crippen LogP contribution in [0.2, 0.25) is 5.15 Å². The van der Waals surface area contributed by atoms with Crippen molar-refractivity contribution in [3.8, 4) is 5.75 Å². The Hall–Kier alpha value is -2.92. The van der Waals surface area contributed by atoms with Gasteiger partial charge < -0.3 is 9.47 Å². The highest BCUT2D eigenvalue weighted by Crippen LogP contribution is 2.21. The van der Waals surface area contributed by atoms with Gasteiger partial charge >= 0.3 is 5.97 Å². The molecule has 0 spiro atoms. The van der Waals surface area contributed by atoms with E-state index in [0.29, 0.717) is 22.0 Å². The Balaban J connectivity index is 1.55. The summed E-state index contributed by atoms with van der Waals surface area (Å²) in [7, 11) is 0. The number of fused-ring (bicyclic) bond motifs is 1. The molecule has 2 aromatic carbocycles. The molecule has 0 N–H and O–H groups in total. The van der Waals surface area contributed by atoms with Crippen molar-refractivity contribution in [3.63, 3.8) is 0 Å². The number of pyridine rings is 1. The Morgan fingerprint density at radius 3 is 2.54 bits per heavy atom. The van der Waals surface area contributed by atoms with Crippen LogP contribution in [0.15, 0.2) is 54.6 Å². The van der Waals surface area contributed by atoms with Crippen molar-refractivity contribution in [2.24, 2.45) is 0 Å². The number of halogens is 1. The average Bonchev–Trinajstić information content (AvgIpc) is 2.65. The van der Waals surface area contributed by atoms with E-state index < -0.39 is 5.97 Å². The van der Waals surface area contributed by atoms with Crippen LogP contribution in [-0.4, -0.2) is 23.3 Å². The van der Waals surface area contributed by atoms with Gasteiger partial charge in [-0.2, -0.15) is 0 Å². The molecule has 132 valence electrons. The van der Waals surface area contributed by atoms with E-state index >= 15 is 0 Å². The molecule has 0 aliphatic rings. The van der Waals surface area contributed by atoms with E-state index in [1.165, 1.54) is 6.92 Å². The van der Waals surface area contributed by atoms with Crippen molar-refractivity contribution in [1.82, 2.24) is 4.98 Å². The number of hydrogen-bond acceptors (Lipinski definition) is 5. The van der Waals surface area contributed by atoms with Gasteiger partial charge in [0.25, 0.3) is 0 Å². The van der Waals surface area contributed by atoms with Gasteiger partial charge in [0.05, 0.1) is 5.52 Å². The molecule has 1 heterocycles. The first-order valence-corrected chi connectivity index (χ1v) is 8.34. The highest BCUT2D eigenvalue weighted by atomic mass is 35.5. The van der Waals surface area contributed by atoms with Crippen molar-refractivity contribution in [3.05, 3.63) is 70.9 Å². The fourth-order valence-electron chi connectivity index (χ4n) is 2.37. The standard InChI is InChI=1S/C20H16ClNO4/c1-13(23)14-6-8-17(9-7-14)25-12-19(24)26-11-16-10-15-4-2-3-5-18(15)22-20(16)21/h2-10H,11-12H2,1H3. The van der Waals surface area contributed by atoms with E-state index in [1.54, 1.807) is 24.3 Å². The normalized spacial score (nSPS) is 10.5. The molecular weight excluding hydrogens is 354 g/mol. The molecule has 0 fully saturated rings. The molecule has 5 nitrogen and oxygen atoms in total. The third kappa shape index (κ3) is 4.37. The Morgan fingerprint density at radius 2 is 1.81 bits per heavy atom. The molecule has 0 amide bonds. The first-order chi connectivity index (χ1) is 12.5. The number of hydrogen-bond donors (Lipinski definition) is 0. The summed E-state index contributed by atoms with van der Waals surface area (Å²) < 4.78 is 10.6. The van der Waals surface area contributed by atoms with Crippen LogP contribution in [0.1, 0.15) is 22.8 Å². The lowest BCUT2D eigenvalue weighted by Crippen LogP contribution is -2.15. The lowest BCUT2D eigenvalue weighted by molar-refractivity contribution is -0.147. The molecule has 0 saturated heterocycles. The molecule has 3 aromatic rings. The summed E-state index contributed by atoms with van der Waals surface area (Å²) in [6.07, 6.45) is 0. The zero-order valence-corrected chi connectivity index (χ0v) is 14.8. The maximum absolute atomic E-state index is 11.9. The number of carbonyl (C=O) groups is 2. The van der Waals surface area contributed by atoms with Gasteiger partial charge in [-0.15, -0.1) is 0 Å². The van der Waals surface area contributed by atoms with E-state index in [9.17, 15) is 9.59 Å². The van der Waals surface area contributed by atoms with Crippen molar-refractivity contribution >= 4 is 34.3 Å². The van der Waals surface area contributed by atoms with Gasteiger partial charge in [0, 0.05) is 16.5 Å². The number of rotatable bonds is 6. The van der Waals surface area contributed by atoms with Crippen LogP contribution in [0.3, 0.4) is 0 Å². The van der Waals surface area contributed by atoms with Crippen LogP contribution < -0.4 is 4.74 Å². The Morgan fingerprint density at radius 1 is 1.08 bits per heavy atom. The number of para-hydroxylation sites is 1. The van der Waals surface area contributed by atoms with Gasteiger partial charge in [0.15, 0.2) is 12.4 Å². The summed E-state index contributed by atoms with van der Waals surface area (Å²) in [5.74, 6) is -0.0703. The highest BCUT2D eigenvalue weighted by Gasteiger charge is 2.10. The lowest BCUT2D eigenvalue weighted by Gasteiger charge is -2.09. The second kappa shape index (κ2) is 7.97. The fourth-order valence-corrected chi connectivity index (χ4v) is 2.57. The number of nitrogens with zero attached hydrogens (tertiary/aromatic N) is 1. The van der Waals surface area contributed by atoms with Gasteiger partial charge in [0.1, 0.15) is 17.5 Å². The molecule has 0 saturated carbocycles. The van der Waals surface area contributed by atoms with Gasteiger partial charge in [-0.05, 0) is 43.3 Å². The summed E-state index contributed by atoms with van der Waals surface area (Å²) in [6.45, 7) is 1.26. The predicted octanol–water partition coefficient (Wildman–Crippen LogP) is 4.21. The van der Waals surface area contributed by atoms with E-state index in [-0.39, 0.29) is 19.0 Å². The maximum atomic E-state index is 11.9. The second-order valence-electron chi connectivity index (χ2n) is 5.66. The Bertz CT molecular complexity index is 954. The van der Waals surface area contributed by atoms with Gasteiger partial charge in [-0.3, -0.25) is 4.79 Å². The van der Waals surface area contributed by atoms with Crippen molar-refractivity contribution in [1.29, 1.82) is 0 Å². The van der Waals surface area contributed by atoms with Crippen LogP contribution in [0.4, 0.5) is 0 Å². The molecule has 6 heteroatoms. The SMILES string of the molecule is CC(=O)c1ccc(OCC(=O)OCc2cc3ccccc3nc2Cl)cc1. The summed E-state index contributed by atoms with van der Waals surface area (Å²) >= 11 is 6.14. The smallest absolute Gasteiger partial charge is 0.344 e. The molecule has 26 heavy (non-hydrogen) atoms. The maximum Gasteiger partial charge on any atom is 0.344 e. The summed E-state index contributed by atoms with van der Waals surface area (Å²) in [5.41, 5.74) is 1.99. The number of aromatic nitrogens is 1. The number of ether oxygens (including phenoxy) is 2. The van der Waals surface area contributed by atoms with Crippen molar-refractivity contribution in [2.45, 2.75) is 13.5 Å². The van der Waals surface area contributed by atoms with Crippen LogP contribution in [0, 0.1) is 0 Å². The number of benzene rings is 2. The van der Waals surface area contributed by atoms with E-state index in [1.807, 2.05) is 30.3 Å². The predicted molar refractivity (Wildman–Crippen MR) is 98.5 cm³/mol. The summed E-state index contributed by atoms with van der Waals surface area (Å²) in [6, 6.07) is 16.0. The number of esters is 1. The van der Waals surface area contributed by atoms with E-state index in [2.05, 4.69) is 4.98 Å². The van der Waals surface area contributed by atoms with Gasteiger partial charge in [0.2, 0.25) is 0 Å². The van der Waals surface area contributed by atoms with Crippen LogP contribution >= 0.6 is 11.6 Å². The van der Waals surface area contributed by atoms with Gasteiger partial charge in [-0.1, -0.05) is 29.8 Å². The first kappa shape index (κ1) is 17.9. The molecule has 0 aliphatic heterocycles. The zero-order valence-electron chi connectivity index (χ0n) is 14.1. The third-order valence-electron chi connectivity index (χ3n) is 3.76. The lowest BCUT2D eigenvalue weighted by atomic mass is 10.1.